The van der Waals surface area contributed by atoms with Gasteiger partial charge in [0.2, 0.25) is 0 Å². The molecule has 0 radical (unpaired) electrons. The van der Waals surface area contributed by atoms with Gasteiger partial charge in [-0.3, -0.25) is 0 Å². The molecule has 0 fully saturated rings. The second-order valence-electron chi connectivity index (χ2n) is 9.67. The van der Waals surface area contributed by atoms with E-state index in [1.807, 2.05) is 0 Å². The van der Waals surface area contributed by atoms with Crippen molar-refractivity contribution >= 4 is 43.1 Å². The van der Waals surface area contributed by atoms with Gasteiger partial charge in [0.25, 0.3) is 0 Å². The molecule has 0 N–H and O–H groups in total. The highest BCUT2D eigenvalue weighted by molar-refractivity contribution is 6.14. The SMILES string of the molecule is CCC.c1ccc2c(-c3ccc(-c4c5ccccc5cc5ccccc45)cc3)c3ccccc3cc2c1. The molecule has 0 bridgehead atoms. The minimum Gasteiger partial charge on any atom is -0.0656 e. The summed E-state index contributed by atoms with van der Waals surface area (Å²) in [7, 11) is 0. The van der Waals surface area contributed by atoms with Crippen LogP contribution in [0.4, 0.5) is 0 Å². The summed E-state index contributed by atoms with van der Waals surface area (Å²) in [6.07, 6.45) is 1.25. The Morgan fingerprint density at radius 2 is 0.595 bits per heavy atom. The third kappa shape index (κ3) is 4.15. The largest absolute Gasteiger partial charge is 0.0656 e. The van der Waals surface area contributed by atoms with Crippen LogP contribution in [0.3, 0.4) is 0 Å². The first-order chi connectivity index (χ1) is 18.3. The second-order valence-corrected chi connectivity index (χ2v) is 9.67. The fraction of sp³-hybridized carbons (Fsp3) is 0.0811. The van der Waals surface area contributed by atoms with Crippen molar-refractivity contribution < 1.29 is 0 Å². The molecule has 0 amide bonds. The number of hydrogen-bond acceptors (Lipinski definition) is 0. The maximum atomic E-state index is 2.30. The Bertz CT molecular complexity index is 1610. The number of hydrogen-bond donors (Lipinski definition) is 0. The molecule has 0 aliphatic carbocycles. The Morgan fingerprint density at radius 3 is 0.865 bits per heavy atom. The molecule has 0 aliphatic rings. The Hall–Kier alpha value is -4.42. The van der Waals surface area contributed by atoms with Crippen molar-refractivity contribution in [2.24, 2.45) is 0 Å². The Labute approximate surface area is 218 Å². The van der Waals surface area contributed by atoms with E-state index in [2.05, 4.69) is 147 Å². The van der Waals surface area contributed by atoms with Gasteiger partial charge in [0, 0.05) is 0 Å². The molecule has 7 aromatic rings. The lowest BCUT2D eigenvalue weighted by Gasteiger charge is -2.15. The van der Waals surface area contributed by atoms with Crippen LogP contribution in [0.15, 0.2) is 133 Å². The highest BCUT2D eigenvalue weighted by Crippen LogP contribution is 2.40. The molecule has 0 unspecified atom stereocenters. The first-order valence-corrected chi connectivity index (χ1v) is 13.2. The van der Waals surface area contributed by atoms with E-state index in [-0.39, 0.29) is 0 Å². The number of fused-ring (bicyclic) bond motifs is 4. The van der Waals surface area contributed by atoms with Gasteiger partial charge in [0.1, 0.15) is 0 Å². The Morgan fingerprint density at radius 1 is 0.351 bits per heavy atom. The molecule has 0 nitrogen and oxygen atoms in total. The van der Waals surface area contributed by atoms with Crippen LogP contribution in [0.1, 0.15) is 20.3 Å². The second kappa shape index (κ2) is 9.91. The average Bonchev–Trinajstić information content (AvgIpc) is 2.95. The topological polar surface area (TPSA) is 0 Å². The van der Waals surface area contributed by atoms with Gasteiger partial charge in [-0.1, -0.05) is 142 Å². The summed E-state index contributed by atoms with van der Waals surface area (Å²) < 4.78 is 0. The summed E-state index contributed by atoms with van der Waals surface area (Å²) in [5.41, 5.74) is 5.12. The fourth-order valence-electron chi connectivity index (χ4n) is 5.45. The van der Waals surface area contributed by atoms with Gasteiger partial charge in [-0.2, -0.15) is 0 Å². The van der Waals surface area contributed by atoms with E-state index in [4.69, 9.17) is 0 Å². The summed E-state index contributed by atoms with van der Waals surface area (Å²) in [5, 5.41) is 10.3. The van der Waals surface area contributed by atoms with Crippen molar-refractivity contribution in [3.8, 4) is 22.3 Å². The maximum Gasteiger partial charge on any atom is -0.00268 e. The molecular weight excluding hydrogens is 444 g/mol. The van der Waals surface area contributed by atoms with Gasteiger partial charge in [-0.15, -0.1) is 0 Å². The van der Waals surface area contributed by atoms with Gasteiger partial charge in [0.15, 0.2) is 0 Å². The predicted molar refractivity (Wildman–Crippen MR) is 163 cm³/mol. The minimum absolute atomic E-state index is 1.25. The molecule has 7 rings (SSSR count). The van der Waals surface area contributed by atoms with Gasteiger partial charge in [-0.25, -0.2) is 0 Å². The molecule has 0 spiro atoms. The molecule has 0 heteroatoms. The lowest BCUT2D eigenvalue weighted by Crippen LogP contribution is -1.88. The quantitative estimate of drug-likeness (QED) is 0.219. The van der Waals surface area contributed by atoms with Crippen LogP contribution in [0.5, 0.6) is 0 Å². The van der Waals surface area contributed by atoms with Crippen molar-refractivity contribution in [1.29, 1.82) is 0 Å². The third-order valence-corrected chi connectivity index (χ3v) is 7.00. The fourth-order valence-corrected chi connectivity index (χ4v) is 5.45. The van der Waals surface area contributed by atoms with Crippen LogP contribution < -0.4 is 0 Å². The first-order valence-electron chi connectivity index (χ1n) is 13.2. The third-order valence-electron chi connectivity index (χ3n) is 7.00. The highest BCUT2D eigenvalue weighted by atomic mass is 14.2. The monoisotopic (exact) mass is 474 g/mol. The van der Waals surface area contributed by atoms with E-state index in [9.17, 15) is 0 Å². The van der Waals surface area contributed by atoms with Crippen LogP contribution in [0.25, 0.3) is 65.3 Å². The number of rotatable bonds is 2. The van der Waals surface area contributed by atoms with E-state index < -0.39 is 0 Å². The Balaban J connectivity index is 0.000000804. The average molecular weight is 475 g/mol. The van der Waals surface area contributed by atoms with Crippen LogP contribution in [0, 0.1) is 0 Å². The molecular formula is C37H30. The standard InChI is InChI=1S/C34H22.C3H8/c1-5-13-29-25(9-1)21-26-10-2-6-14-30(26)33(29)23-17-19-24(20-18-23)34-31-15-7-3-11-27(31)22-28-12-4-8-16-32(28)34;1-3-2/h1-22H;3H2,1-2H3. The van der Waals surface area contributed by atoms with Crippen molar-refractivity contribution in [2.75, 3.05) is 0 Å². The highest BCUT2D eigenvalue weighted by Gasteiger charge is 2.12. The molecule has 0 saturated heterocycles. The van der Waals surface area contributed by atoms with Gasteiger partial charge in [0.05, 0.1) is 0 Å². The van der Waals surface area contributed by atoms with Crippen molar-refractivity contribution in [3.05, 3.63) is 133 Å². The minimum atomic E-state index is 1.25. The van der Waals surface area contributed by atoms with E-state index in [0.29, 0.717) is 0 Å². The lowest BCUT2D eigenvalue weighted by atomic mass is 9.89. The van der Waals surface area contributed by atoms with E-state index in [1.54, 1.807) is 0 Å². The molecule has 0 atom stereocenters. The van der Waals surface area contributed by atoms with Crippen molar-refractivity contribution in [3.63, 3.8) is 0 Å². The molecule has 178 valence electrons. The van der Waals surface area contributed by atoms with Gasteiger partial charge >= 0.3 is 0 Å². The molecule has 0 aromatic heterocycles. The summed E-state index contributed by atoms with van der Waals surface area (Å²) in [4.78, 5) is 0. The zero-order valence-electron chi connectivity index (χ0n) is 21.4. The molecule has 0 aliphatic heterocycles. The van der Waals surface area contributed by atoms with Crippen LogP contribution in [-0.4, -0.2) is 0 Å². The van der Waals surface area contributed by atoms with E-state index in [1.165, 1.54) is 71.8 Å². The normalized spacial score (nSPS) is 11.1. The zero-order valence-corrected chi connectivity index (χ0v) is 21.4. The van der Waals surface area contributed by atoms with Gasteiger partial charge < -0.3 is 0 Å². The first kappa shape index (κ1) is 23.0. The molecule has 37 heavy (non-hydrogen) atoms. The van der Waals surface area contributed by atoms with E-state index >= 15 is 0 Å². The maximum absolute atomic E-state index is 2.30. The number of benzene rings is 7. The van der Waals surface area contributed by atoms with Crippen LogP contribution in [-0.2, 0) is 0 Å². The summed E-state index contributed by atoms with van der Waals surface area (Å²) in [6, 6.07) is 48.6. The molecule has 7 aromatic carbocycles. The van der Waals surface area contributed by atoms with Crippen molar-refractivity contribution in [1.82, 2.24) is 0 Å². The molecule has 0 saturated carbocycles. The van der Waals surface area contributed by atoms with Crippen LogP contribution in [0.2, 0.25) is 0 Å². The van der Waals surface area contributed by atoms with Crippen molar-refractivity contribution in [2.45, 2.75) is 20.3 Å². The van der Waals surface area contributed by atoms with Gasteiger partial charge in [-0.05, 0) is 77.5 Å². The summed E-state index contributed by atoms with van der Waals surface area (Å²) in [6.45, 7) is 4.25. The summed E-state index contributed by atoms with van der Waals surface area (Å²) >= 11 is 0. The smallest absolute Gasteiger partial charge is 0.00268 e. The molecule has 0 heterocycles. The predicted octanol–water partition coefficient (Wildman–Crippen LogP) is 11.0. The zero-order chi connectivity index (χ0) is 25.2. The lowest BCUT2D eigenvalue weighted by molar-refractivity contribution is 1.09. The van der Waals surface area contributed by atoms with Crippen LogP contribution >= 0.6 is 0 Å². The Kier molecular flexibility index (Phi) is 6.16. The summed E-state index contributed by atoms with van der Waals surface area (Å²) in [5.74, 6) is 0. The van der Waals surface area contributed by atoms with E-state index in [0.717, 1.165) is 0 Å².